The lowest BCUT2D eigenvalue weighted by molar-refractivity contribution is -0.123. The highest BCUT2D eigenvalue weighted by molar-refractivity contribution is 5.94. The van der Waals surface area contributed by atoms with Crippen molar-refractivity contribution in [2.45, 2.75) is 13.3 Å². The van der Waals surface area contributed by atoms with Crippen LogP contribution in [0.4, 0.5) is 5.69 Å². The molecular weight excluding hydrogens is 352 g/mol. The molecule has 0 atom stereocenters. The fourth-order valence-electron chi connectivity index (χ4n) is 2.68. The number of amides is 2. The van der Waals surface area contributed by atoms with Crippen LogP contribution in [0.3, 0.4) is 0 Å². The molecule has 0 aliphatic heterocycles. The largest absolute Gasteiger partial charge is 0.457 e. The van der Waals surface area contributed by atoms with E-state index in [0.29, 0.717) is 11.4 Å². The van der Waals surface area contributed by atoms with Gasteiger partial charge in [0, 0.05) is 5.69 Å². The summed E-state index contributed by atoms with van der Waals surface area (Å²) in [4.78, 5) is 24.0. The van der Waals surface area contributed by atoms with E-state index >= 15 is 0 Å². The Bertz CT molecular complexity index is 938. The molecule has 2 amide bonds. The lowest BCUT2D eigenvalue weighted by Crippen LogP contribution is -2.33. The minimum absolute atomic E-state index is 0.0765. The van der Waals surface area contributed by atoms with Gasteiger partial charge in [-0.3, -0.25) is 9.59 Å². The Hall–Kier alpha value is -3.60. The maximum Gasteiger partial charge on any atom is 0.243 e. The predicted molar refractivity (Wildman–Crippen MR) is 109 cm³/mol. The molecule has 142 valence electrons. The minimum atomic E-state index is -0.283. The van der Waals surface area contributed by atoms with Crippen molar-refractivity contribution in [1.29, 1.82) is 0 Å². The molecule has 3 rings (SSSR count). The van der Waals surface area contributed by atoms with Crippen molar-refractivity contribution in [3.05, 3.63) is 90.0 Å². The number of hydrogen-bond donors (Lipinski definition) is 2. The summed E-state index contributed by atoms with van der Waals surface area (Å²) in [6.45, 7) is 1.90. The third-order valence-electron chi connectivity index (χ3n) is 4.01. The van der Waals surface area contributed by atoms with Gasteiger partial charge in [-0.25, -0.2) is 0 Å². The van der Waals surface area contributed by atoms with E-state index in [0.717, 1.165) is 16.9 Å². The van der Waals surface area contributed by atoms with Crippen molar-refractivity contribution < 1.29 is 14.3 Å². The summed E-state index contributed by atoms with van der Waals surface area (Å²) in [5.41, 5.74) is 2.66. The predicted octanol–water partition coefficient (Wildman–Crippen LogP) is 4.08. The molecule has 0 heterocycles. The van der Waals surface area contributed by atoms with Crippen LogP contribution in [0, 0.1) is 6.92 Å². The molecular formula is C23H22N2O3. The van der Waals surface area contributed by atoms with Crippen LogP contribution in [-0.4, -0.2) is 18.4 Å². The van der Waals surface area contributed by atoms with E-state index < -0.39 is 0 Å². The van der Waals surface area contributed by atoms with E-state index in [9.17, 15) is 9.59 Å². The molecule has 0 spiro atoms. The normalized spacial score (nSPS) is 10.2. The van der Waals surface area contributed by atoms with Crippen LogP contribution in [0.2, 0.25) is 0 Å². The van der Waals surface area contributed by atoms with Crippen molar-refractivity contribution in [3.63, 3.8) is 0 Å². The zero-order chi connectivity index (χ0) is 19.8. The Morgan fingerprint density at radius 3 is 2.25 bits per heavy atom. The molecule has 2 N–H and O–H groups in total. The summed E-state index contributed by atoms with van der Waals surface area (Å²) in [6, 6.07) is 24.3. The van der Waals surface area contributed by atoms with Crippen molar-refractivity contribution in [2.24, 2.45) is 0 Å². The molecule has 0 saturated heterocycles. The topological polar surface area (TPSA) is 67.4 Å². The van der Waals surface area contributed by atoms with Gasteiger partial charge in [-0.15, -0.1) is 0 Å². The minimum Gasteiger partial charge on any atom is -0.457 e. The second-order valence-corrected chi connectivity index (χ2v) is 6.43. The third-order valence-corrected chi connectivity index (χ3v) is 4.01. The number of rotatable bonds is 7. The Balaban J connectivity index is 1.44. The van der Waals surface area contributed by atoms with Crippen molar-refractivity contribution in [3.8, 4) is 11.5 Å². The van der Waals surface area contributed by atoms with Gasteiger partial charge in [-0.1, -0.05) is 48.0 Å². The van der Waals surface area contributed by atoms with Gasteiger partial charge in [-0.05, 0) is 48.9 Å². The van der Waals surface area contributed by atoms with Crippen LogP contribution >= 0.6 is 0 Å². The smallest absolute Gasteiger partial charge is 0.243 e. The molecule has 3 aromatic rings. The average Bonchev–Trinajstić information content (AvgIpc) is 2.69. The van der Waals surface area contributed by atoms with Gasteiger partial charge in [0.1, 0.15) is 11.5 Å². The first-order chi connectivity index (χ1) is 13.6. The maximum absolute atomic E-state index is 12.0. The molecule has 28 heavy (non-hydrogen) atoms. The highest BCUT2D eigenvalue weighted by atomic mass is 16.5. The molecule has 0 aromatic heterocycles. The first-order valence-electron chi connectivity index (χ1n) is 9.03. The fraction of sp³-hybridized carbons (Fsp3) is 0.130. The summed E-state index contributed by atoms with van der Waals surface area (Å²) in [5, 5.41) is 5.39. The van der Waals surface area contributed by atoms with E-state index in [4.69, 9.17) is 4.74 Å². The number of carbonyl (C=O) groups excluding carboxylic acids is 2. The van der Waals surface area contributed by atoms with Crippen LogP contribution in [0.1, 0.15) is 11.1 Å². The van der Waals surface area contributed by atoms with Gasteiger partial charge in [0.25, 0.3) is 0 Å². The monoisotopic (exact) mass is 374 g/mol. The number of aryl methyl sites for hydroxylation is 1. The van der Waals surface area contributed by atoms with Gasteiger partial charge in [0.05, 0.1) is 13.0 Å². The summed E-state index contributed by atoms with van der Waals surface area (Å²) in [5.74, 6) is 0.952. The standard InChI is InChI=1S/C23H22N2O3/c1-17-6-5-7-18(14-17)15-22(26)24-16-23(27)25-19-10-12-21(13-11-19)28-20-8-3-2-4-9-20/h2-14H,15-16H2,1H3,(H,24,26)(H,25,27). The summed E-state index contributed by atoms with van der Waals surface area (Å²) in [7, 11) is 0. The number of ether oxygens (including phenoxy) is 1. The van der Waals surface area contributed by atoms with Crippen LogP contribution < -0.4 is 15.4 Å². The van der Waals surface area contributed by atoms with Crippen molar-refractivity contribution in [1.82, 2.24) is 5.32 Å². The molecule has 0 bridgehead atoms. The van der Waals surface area contributed by atoms with Gasteiger partial charge in [0.2, 0.25) is 11.8 Å². The molecule has 0 unspecified atom stereocenters. The van der Waals surface area contributed by atoms with E-state index in [2.05, 4.69) is 10.6 Å². The molecule has 0 saturated carbocycles. The van der Waals surface area contributed by atoms with Crippen molar-refractivity contribution >= 4 is 17.5 Å². The van der Waals surface area contributed by atoms with Crippen LogP contribution in [-0.2, 0) is 16.0 Å². The maximum atomic E-state index is 12.0. The average molecular weight is 374 g/mol. The Morgan fingerprint density at radius 1 is 0.821 bits per heavy atom. The number of carbonyl (C=O) groups is 2. The molecule has 3 aromatic carbocycles. The third kappa shape index (κ3) is 5.99. The number of para-hydroxylation sites is 1. The van der Waals surface area contributed by atoms with Crippen LogP contribution in [0.25, 0.3) is 0 Å². The lowest BCUT2D eigenvalue weighted by atomic mass is 10.1. The first-order valence-corrected chi connectivity index (χ1v) is 9.03. The molecule has 0 aliphatic rings. The van der Waals surface area contributed by atoms with Gasteiger partial charge in [0.15, 0.2) is 0 Å². The van der Waals surface area contributed by atoms with E-state index in [-0.39, 0.29) is 24.8 Å². The first kappa shape index (κ1) is 19.2. The second kappa shape index (κ2) is 9.37. The van der Waals surface area contributed by atoms with Gasteiger partial charge >= 0.3 is 0 Å². The molecule has 5 heteroatoms. The lowest BCUT2D eigenvalue weighted by Gasteiger charge is -2.09. The second-order valence-electron chi connectivity index (χ2n) is 6.43. The fourth-order valence-corrected chi connectivity index (χ4v) is 2.68. The number of benzene rings is 3. The summed E-state index contributed by atoms with van der Waals surface area (Å²) >= 11 is 0. The van der Waals surface area contributed by atoms with Crippen molar-refractivity contribution in [2.75, 3.05) is 11.9 Å². The summed E-state index contributed by atoms with van der Waals surface area (Å²) < 4.78 is 5.71. The highest BCUT2D eigenvalue weighted by Gasteiger charge is 2.07. The van der Waals surface area contributed by atoms with Crippen LogP contribution in [0.5, 0.6) is 11.5 Å². The molecule has 0 aliphatic carbocycles. The van der Waals surface area contributed by atoms with E-state index in [1.807, 2.05) is 61.5 Å². The van der Waals surface area contributed by atoms with Gasteiger partial charge < -0.3 is 15.4 Å². The molecule has 5 nitrogen and oxygen atoms in total. The molecule has 0 radical (unpaired) electrons. The highest BCUT2D eigenvalue weighted by Crippen LogP contribution is 2.22. The number of hydrogen-bond acceptors (Lipinski definition) is 3. The van der Waals surface area contributed by atoms with Crippen LogP contribution in [0.15, 0.2) is 78.9 Å². The molecule has 0 fully saturated rings. The Labute approximate surface area is 164 Å². The zero-order valence-corrected chi connectivity index (χ0v) is 15.6. The number of anilines is 1. The zero-order valence-electron chi connectivity index (χ0n) is 15.6. The Morgan fingerprint density at radius 2 is 1.54 bits per heavy atom. The van der Waals surface area contributed by atoms with Gasteiger partial charge in [-0.2, -0.15) is 0 Å². The summed E-state index contributed by atoms with van der Waals surface area (Å²) in [6.07, 6.45) is 0.250. The quantitative estimate of drug-likeness (QED) is 0.655. The number of nitrogens with one attached hydrogen (secondary N) is 2. The van der Waals surface area contributed by atoms with E-state index in [1.165, 1.54) is 0 Å². The van der Waals surface area contributed by atoms with E-state index in [1.54, 1.807) is 24.3 Å². The SMILES string of the molecule is Cc1cccc(CC(=O)NCC(=O)Nc2ccc(Oc3ccccc3)cc2)c1. The Kier molecular flexibility index (Phi) is 6.41.